The molecule has 0 aliphatic carbocycles. The molecular weight excluding hydrogens is 247 g/mol. The van der Waals surface area contributed by atoms with E-state index in [0.717, 1.165) is 6.07 Å². The Morgan fingerprint density at radius 2 is 2.11 bits per heavy atom. The number of anilines is 1. The number of carbonyl (C=O) groups is 1. The fraction of sp³-hybridized carbons (Fsp3) is 0.286. The number of hydrogen-bond donors (Lipinski definition) is 1. The Labute approximate surface area is 111 Å². The van der Waals surface area contributed by atoms with Crippen molar-refractivity contribution >= 4 is 11.8 Å². The maximum absolute atomic E-state index is 13.6. The van der Waals surface area contributed by atoms with Crippen LogP contribution in [0.2, 0.25) is 0 Å². The van der Waals surface area contributed by atoms with Crippen molar-refractivity contribution in [2.45, 2.75) is 26.4 Å². The highest BCUT2D eigenvalue weighted by Crippen LogP contribution is 2.17. The van der Waals surface area contributed by atoms with E-state index in [1.165, 1.54) is 12.1 Å². The Kier molecular flexibility index (Phi) is 4.50. The first kappa shape index (κ1) is 14.5. The lowest BCUT2D eigenvalue weighted by molar-refractivity contribution is 0.0635. The van der Waals surface area contributed by atoms with E-state index in [9.17, 15) is 9.18 Å². The van der Waals surface area contributed by atoms with Gasteiger partial charge in [0.25, 0.3) is 0 Å². The number of nitrogens with zero attached hydrogens (tertiary/aromatic N) is 1. The minimum atomic E-state index is -0.734. The fourth-order valence-corrected chi connectivity index (χ4v) is 1.21. The van der Waals surface area contributed by atoms with Crippen LogP contribution >= 0.6 is 0 Å². The summed E-state index contributed by atoms with van der Waals surface area (Å²) in [7, 11) is 0. The second-order valence-corrected chi connectivity index (χ2v) is 4.68. The molecule has 0 radical (unpaired) electrons. The van der Waals surface area contributed by atoms with Gasteiger partial charge in [0.2, 0.25) is 0 Å². The Bertz CT molecular complexity index is 586. The second kappa shape index (κ2) is 5.88. The third-order valence-corrected chi connectivity index (χ3v) is 1.87. The van der Waals surface area contributed by atoms with Crippen LogP contribution in [-0.2, 0) is 4.74 Å². The molecule has 0 aliphatic heterocycles. The lowest BCUT2D eigenvalue weighted by Crippen LogP contribution is -2.27. The zero-order chi connectivity index (χ0) is 14.5. The van der Waals surface area contributed by atoms with Crippen molar-refractivity contribution in [2.24, 2.45) is 0 Å². The van der Waals surface area contributed by atoms with E-state index < -0.39 is 17.5 Å². The molecule has 1 amide bonds. The van der Waals surface area contributed by atoms with Crippen LogP contribution in [0.4, 0.5) is 14.9 Å². The van der Waals surface area contributed by atoms with Crippen molar-refractivity contribution in [2.75, 3.05) is 5.32 Å². The smallest absolute Gasteiger partial charge is 0.412 e. The SMILES string of the molecule is CC(C)(C)OC(=O)Nc1ccc(C#CC#N)cc1F. The molecule has 0 aromatic heterocycles. The zero-order valence-electron chi connectivity index (χ0n) is 10.9. The average Bonchev–Trinajstić information content (AvgIpc) is 2.27. The molecule has 19 heavy (non-hydrogen) atoms. The van der Waals surface area contributed by atoms with E-state index in [2.05, 4.69) is 17.2 Å². The zero-order valence-corrected chi connectivity index (χ0v) is 10.9. The molecule has 0 fully saturated rings. The molecule has 1 N–H and O–H groups in total. The number of carbonyl (C=O) groups excluding carboxylic acids is 1. The quantitative estimate of drug-likeness (QED) is 0.789. The van der Waals surface area contributed by atoms with Crippen LogP contribution in [0.25, 0.3) is 0 Å². The minimum absolute atomic E-state index is 0.00300. The maximum Gasteiger partial charge on any atom is 0.412 e. The summed E-state index contributed by atoms with van der Waals surface area (Å²) in [4.78, 5) is 11.5. The van der Waals surface area contributed by atoms with Gasteiger partial charge in [-0.2, -0.15) is 5.26 Å². The van der Waals surface area contributed by atoms with Gasteiger partial charge in [0.05, 0.1) is 5.69 Å². The van der Waals surface area contributed by atoms with Gasteiger partial charge in [0.1, 0.15) is 11.4 Å². The number of halogens is 1. The first-order chi connectivity index (χ1) is 8.81. The number of amides is 1. The van der Waals surface area contributed by atoms with Crippen LogP contribution in [0.3, 0.4) is 0 Å². The third kappa shape index (κ3) is 5.10. The topological polar surface area (TPSA) is 62.1 Å². The number of nitrogens with one attached hydrogen (secondary N) is 1. The van der Waals surface area contributed by atoms with Crippen molar-refractivity contribution in [3.05, 3.63) is 29.6 Å². The first-order valence-corrected chi connectivity index (χ1v) is 5.51. The Balaban J connectivity index is 2.81. The van der Waals surface area contributed by atoms with E-state index >= 15 is 0 Å². The molecule has 0 atom stereocenters. The lowest BCUT2D eigenvalue weighted by atomic mass is 10.2. The lowest BCUT2D eigenvalue weighted by Gasteiger charge is -2.19. The monoisotopic (exact) mass is 260 g/mol. The van der Waals surface area contributed by atoms with E-state index in [0.29, 0.717) is 5.56 Å². The predicted molar refractivity (Wildman–Crippen MR) is 68.7 cm³/mol. The molecule has 0 saturated heterocycles. The Morgan fingerprint density at radius 1 is 1.42 bits per heavy atom. The summed E-state index contributed by atoms with van der Waals surface area (Å²) < 4.78 is 18.7. The normalized spacial score (nSPS) is 9.84. The summed E-state index contributed by atoms with van der Waals surface area (Å²) >= 11 is 0. The van der Waals surface area contributed by atoms with Crippen molar-refractivity contribution in [1.29, 1.82) is 5.26 Å². The molecular formula is C14H13FN2O2. The highest BCUT2D eigenvalue weighted by atomic mass is 19.1. The summed E-state index contributed by atoms with van der Waals surface area (Å²) in [6.45, 7) is 5.14. The molecule has 0 aliphatic rings. The molecule has 1 aromatic carbocycles. The van der Waals surface area contributed by atoms with E-state index in [-0.39, 0.29) is 5.69 Å². The highest BCUT2D eigenvalue weighted by Gasteiger charge is 2.17. The van der Waals surface area contributed by atoms with Gasteiger partial charge in [-0.15, -0.1) is 0 Å². The van der Waals surface area contributed by atoms with Crippen LogP contribution in [0, 0.1) is 29.0 Å². The molecule has 1 aromatic rings. The van der Waals surface area contributed by atoms with Gasteiger partial charge < -0.3 is 4.74 Å². The maximum atomic E-state index is 13.6. The highest BCUT2D eigenvalue weighted by molar-refractivity contribution is 5.85. The van der Waals surface area contributed by atoms with E-state index in [1.807, 2.05) is 0 Å². The number of benzene rings is 1. The van der Waals surface area contributed by atoms with Gasteiger partial charge >= 0.3 is 6.09 Å². The van der Waals surface area contributed by atoms with Gasteiger partial charge in [0, 0.05) is 11.5 Å². The average molecular weight is 260 g/mol. The van der Waals surface area contributed by atoms with Gasteiger partial charge in [-0.1, -0.05) is 5.92 Å². The fourth-order valence-electron chi connectivity index (χ4n) is 1.21. The summed E-state index contributed by atoms with van der Waals surface area (Å²) in [5.74, 6) is 3.98. The molecule has 1 rings (SSSR count). The minimum Gasteiger partial charge on any atom is -0.444 e. The van der Waals surface area contributed by atoms with Crippen LogP contribution in [0.5, 0.6) is 0 Å². The van der Waals surface area contributed by atoms with E-state index in [1.54, 1.807) is 26.8 Å². The van der Waals surface area contributed by atoms with Crippen molar-refractivity contribution < 1.29 is 13.9 Å². The Hall–Kier alpha value is -2.53. The first-order valence-electron chi connectivity index (χ1n) is 5.51. The standard InChI is InChI=1S/C14H13FN2O2/c1-14(2,3)19-13(18)17-12-7-6-10(5-4-8-16)9-11(12)15/h6-7,9H,1-3H3,(H,17,18). The van der Waals surface area contributed by atoms with Gasteiger partial charge in [0.15, 0.2) is 6.07 Å². The van der Waals surface area contributed by atoms with Crippen LogP contribution in [-0.4, -0.2) is 11.7 Å². The van der Waals surface area contributed by atoms with Crippen LogP contribution < -0.4 is 5.32 Å². The largest absolute Gasteiger partial charge is 0.444 e. The van der Waals surface area contributed by atoms with Crippen molar-refractivity contribution in [1.82, 2.24) is 0 Å². The van der Waals surface area contributed by atoms with Gasteiger partial charge in [-0.3, -0.25) is 5.32 Å². The molecule has 0 spiro atoms. The molecule has 4 nitrogen and oxygen atoms in total. The second-order valence-electron chi connectivity index (χ2n) is 4.68. The predicted octanol–water partition coefficient (Wildman–Crippen LogP) is 3.05. The molecule has 0 saturated carbocycles. The number of rotatable bonds is 1. The third-order valence-electron chi connectivity index (χ3n) is 1.87. The van der Waals surface area contributed by atoms with Crippen LogP contribution in [0.1, 0.15) is 26.3 Å². The summed E-state index contributed by atoms with van der Waals surface area (Å²) in [6, 6.07) is 5.63. The molecule has 0 bridgehead atoms. The number of hydrogen-bond acceptors (Lipinski definition) is 3. The summed E-state index contributed by atoms with van der Waals surface area (Å²) in [5.41, 5.74) is -0.302. The molecule has 5 heteroatoms. The van der Waals surface area contributed by atoms with Gasteiger partial charge in [-0.25, -0.2) is 9.18 Å². The van der Waals surface area contributed by atoms with Gasteiger partial charge in [-0.05, 0) is 39.0 Å². The summed E-state index contributed by atoms with van der Waals surface area (Å²) in [5, 5.41) is 10.6. The van der Waals surface area contributed by atoms with E-state index in [4.69, 9.17) is 10.00 Å². The van der Waals surface area contributed by atoms with Crippen molar-refractivity contribution in [3.8, 4) is 17.9 Å². The summed E-state index contributed by atoms with van der Waals surface area (Å²) in [6.07, 6.45) is -0.734. The van der Waals surface area contributed by atoms with Crippen LogP contribution in [0.15, 0.2) is 18.2 Å². The molecule has 98 valence electrons. The number of nitriles is 1. The number of ether oxygens (including phenoxy) is 1. The Morgan fingerprint density at radius 3 is 2.63 bits per heavy atom. The van der Waals surface area contributed by atoms with Crippen molar-refractivity contribution in [3.63, 3.8) is 0 Å². The molecule has 0 unspecified atom stereocenters. The molecule has 0 heterocycles.